The predicted octanol–water partition coefficient (Wildman–Crippen LogP) is 3.30. The molecule has 6 heteroatoms. The minimum atomic E-state index is -0.0510. The number of thiocarbonyl (C=S) groups is 1. The molecule has 2 aromatic heterocycles. The Morgan fingerprint density at radius 1 is 1.12 bits per heavy atom. The molecule has 3 aromatic rings. The Balaban J connectivity index is 1.81. The Hall–Kier alpha value is -2.86. The van der Waals surface area contributed by atoms with Crippen molar-refractivity contribution in [3.05, 3.63) is 78.4 Å². The molecule has 0 amide bonds. The van der Waals surface area contributed by atoms with Gasteiger partial charge in [-0.3, -0.25) is 4.98 Å². The van der Waals surface area contributed by atoms with E-state index in [1.54, 1.807) is 18.3 Å². The summed E-state index contributed by atoms with van der Waals surface area (Å²) in [5.74, 6) is 0.236. The van der Waals surface area contributed by atoms with Crippen LogP contribution in [-0.2, 0) is 7.05 Å². The maximum Gasteiger partial charge on any atom is 0.174 e. The summed E-state index contributed by atoms with van der Waals surface area (Å²) in [4.78, 5) is 6.61. The third-order valence-electron chi connectivity index (χ3n) is 4.42. The molecule has 1 fully saturated rings. The number of phenolic OH excluding ortho intramolecular Hbond substituents is 1. The highest BCUT2D eigenvalue weighted by Gasteiger charge is 2.40. The van der Waals surface area contributed by atoms with Crippen molar-refractivity contribution in [2.75, 3.05) is 4.90 Å². The Labute approximate surface area is 151 Å². The zero-order valence-electron chi connectivity index (χ0n) is 13.7. The zero-order valence-corrected chi connectivity index (χ0v) is 14.5. The third-order valence-corrected chi connectivity index (χ3v) is 4.74. The fourth-order valence-electron chi connectivity index (χ4n) is 3.28. The van der Waals surface area contributed by atoms with Crippen molar-refractivity contribution in [2.45, 2.75) is 12.1 Å². The number of pyridine rings is 1. The van der Waals surface area contributed by atoms with E-state index < -0.39 is 0 Å². The maximum absolute atomic E-state index is 9.60. The van der Waals surface area contributed by atoms with Crippen LogP contribution >= 0.6 is 12.2 Å². The van der Waals surface area contributed by atoms with Crippen molar-refractivity contribution in [3.63, 3.8) is 0 Å². The summed E-state index contributed by atoms with van der Waals surface area (Å²) in [6.45, 7) is 0. The molecule has 4 rings (SSSR count). The van der Waals surface area contributed by atoms with Crippen molar-refractivity contribution in [1.29, 1.82) is 0 Å². The van der Waals surface area contributed by atoms with Crippen molar-refractivity contribution in [2.24, 2.45) is 7.05 Å². The Morgan fingerprint density at radius 3 is 2.56 bits per heavy atom. The van der Waals surface area contributed by atoms with Crippen molar-refractivity contribution in [1.82, 2.24) is 14.9 Å². The smallest absolute Gasteiger partial charge is 0.174 e. The molecule has 1 aromatic carbocycles. The van der Waals surface area contributed by atoms with Gasteiger partial charge in [0.15, 0.2) is 5.11 Å². The Kier molecular flexibility index (Phi) is 3.89. The predicted molar refractivity (Wildman–Crippen MR) is 101 cm³/mol. The highest BCUT2D eigenvalue weighted by molar-refractivity contribution is 7.80. The van der Waals surface area contributed by atoms with Crippen molar-refractivity contribution in [3.8, 4) is 5.75 Å². The third kappa shape index (κ3) is 2.85. The van der Waals surface area contributed by atoms with E-state index >= 15 is 0 Å². The van der Waals surface area contributed by atoms with Crippen molar-refractivity contribution < 1.29 is 5.11 Å². The van der Waals surface area contributed by atoms with E-state index in [4.69, 9.17) is 12.2 Å². The zero-order chi connectivity index (χ0) is 17.4. The monoisotopic (exact) mass is 350 g/mol. The Bertz CT molecular complexity index is 891. The summed E-state index contributed by atoms with van der Waals surface area (Å²) >= 11 is 5.63. The lowest BCUT2D eigenvalue weighted by Gasteiger charge is -2.27. The van der Waals surface area contributed by atoms with Crippen LogP contribution in [-0.4, -0.2) is 19.8 Å². The molecule has 0 aliphatic carbocycles. The lowest BCUT2D eigenvalue weighted by molar-refractivity contribution is 0.475. The average Bonchev–Trinajstić information content (AvgIpc) is 3.20. The van der Waals surface area contributed by atoms with Crippen LogP contribution in [0.1, 0.15) is 23.3 Å². The van der Waals surface area contributed by atoms with Crippen LogP contribution in [0, 0.1) is 0 Å². The lowest BCUT2D eigenvalue weighted by atomic mass is 9.98. The maximum atomic E-state index is 9.60. The van der Waals surface area contributed by atoms with Gasteiger partial charge in [0.1, 0.15) is 5.75 Å². The van der Waals surface area contributed by atoms with Crippen LogP contribution < -0.4 is 10.2 Å². The van der Waals surface area contributed by atoms with Gasteiger partial charge in [0.2, 0.25) is 0 Å². The van der Waals surface area contributed by atoms with Gasteiger partial charge in [0.05, 0.1) is 17.8 Å². The van der Waals surface area contributed by atoms with E-state index in [0.29, 0.717) is 5.11 Å². The van der Waals surface area contributed by atoms with Crippen molar-refractivity contribution >= 4 is 23.0 Å². The summed E-state index contributed by atoms with van der Waals surface area (Å²) in [6, 6.07) is 15.0. The number of rotatable bonds is 3. The second kappa shape index (κ2) is 6.22. The summed E-state index contributed by atoms with van der Waals surface area (Å²) in [5, 5.41) is 13.7. The molecule has 0 saturated carbocycles. The number of anilines is 1. The molecule has 1 aliphatic rings. The number of hydrogen-bond donors (Lipinski definition) is 2. The largest absolute Gasteiger partial charge is 0.508 e. The van der Waals surface area contributed by atoms with Crippen LogP contribution in [0.5, 0.6) is 5.75 Å². The van der Waals surface area contributed by atoms with Gasteiger partial charge in [-0.2, -0.15) is 0 Å². The minimum Gasteiger partial charge on any atom is -0.508 e. The number of hydrogen-bond acceptors (Lipinski definition) is 3. The fourth-order valence-corrected chi connectivity index (χ4v) is 3.63. The van der Waals surface area contributed by atoms with Gasteiger partial charge < -0.3 is 19.9 Å². The molecule has 1 saturated heterocycles. The first-order chi connectivity index (χ1) is 12.1. The molecule has 5 nitrogen and oxygen atoms in total. The normalized spacial score (nSPS) is 19.9. The molecular formula is C19H18N4OS. The molecule has 0 radical (unpaired) electrons. The van der Waals surface area contributed by atoms with Gasteiger partial charge in [0, 0.05) is 31.3 Å². The van der Waals surface area contributed by atoms with E-state index in [2.05, 4.69) is 27.5 Å². The van der Waals surface area contributed by atoms with Gasteiger partial charge in [0.25, 0.3) is 0 Å². The molecule has 2 atom stereocenters. The minimum absolute atomic E-state index is 0.0202. The molecule has 3 heterocycles. The number of nitrogens with zero attached hydrogens (tertiary/aromatic N) is 3. The van der Waals surface area contributed by atoms with Crippen LogP contribution in [0.15, 0.2) is 67.1 Å². The number of benzene rings is 1. The average molecular weight is 350 g/mol. The van der Waals surface area contributed by atoms with Gasteiger partial charge in [-0.15, -0.1) is 0 Å². The second-order valence-electron chi connectivity index (χ2n) is 6.12. The number of aryl methyl sites for hydroxylation is 1. The molecule has 126 valence electrons. The Morgan fingerprint density at radius 2 is 1.92 bits per heavy atom. The van der Waals surface area contributed by atoms with Gasteiger partial charge in [-0.1, -0.05) is 6.07 Å². The van der Waals surface area contributed by atoms with E-state index in [1.165, 1.54) is 0 Å². The number of aromatic nitrogens is 2. The standard InChI is InChI=1S/C19H18N4OS/c1-22-11-9-13(12-22)18-17(16-4-2-3-10-20-16)21-19(25)23(18)14-5-7-15(24)8-6-14/h2-12,17-18,24H,1H3,(H,21,25). The van der Waals surface area contributed by atoms with Crippen LogP contribution in [0.4, 0.5) is 5.69 Å². The first-order valence-corrected chi connectivity index (χ1v) is 8.46. The molecule has 0 bridgehead atoms. The van der Waals surface area contributed by atoms with Crippen LogP contribution in [0.2, 0.25) is 0 Å². The molecular weight excluding hydrogens is 332 g/mol. The summed E-state index contributed by atoms with van der Waals surface area (Å²) < 4.78 is 2.03. The van der Waals surface area contributed by atoms with Gasteiger partial charge >= 0.3 is 0 Å². The quantitative estimate of drug-likeness (QED) is 0.710. The number of phenols is 1. The van der Waals surface area contributed by atoms with E-state index in [0.717, 1.165) is 16.9 Å². The summed E-state index contributed by atoms with van der Waals surface area (Å²) in [7, 11) is 2.00. The van der Waals surface area contributed by atoms with E-state index in [9.17, 15) is 5.11 Å². The van der Waals surface area contributed by atoms with Crippen LogP contribution in [0.3, 0.4) is 0 Å². The first kappa shape index (κ1) is 15.7. The van der Waals surface area contributed by atoms with Crippen LogP contribution in [0.25, 0.3) is 0 Å². The fraction of sp³-hybridized carbons (Fsp3) is 0.158. The van der Waals surface area contributed by atoms with Gasteiger partial charge in [-0.05, 0) is 60.2 Å². The topological polar surface area (TPSA) is 53.3 Å². The molecule has 2 unspecified atom stereocenters. The molecule has 0 spiro atoms. The molecule has 2 N–H and O–H groups in total. The SMILES string of the molecule is Cn1ccc(C2C(c3ccccn3)NC(=S)N2c2ccc(O)cc2)c1. The lowest BCUT2D eigenvalue weighted by Crippen LogP contribution is -2.29. The summed E-state index contributed by atoms with van der Waals surface area (Å²) in [6.07, 6.45) is 5.93. The second-order valence-corrected chi connectivity index (χ2v) is 6.51. The number of aromatic hydroxyl groups is 1. The first-order valence-electron chi connectivity index (χ1n) is 8.05. The molecule has 1 aliphatic heterocycles. The van der Waals surface area contributed by atoms with E-state index in [-0.39, 0.29) is 17.8 Å². The highest BCUT2D eigenvalue weighted by Crippen LogP contribution is 2.41. The van der Waals surface area contributed by atoms with Gasteiger partial charge in [-0.25, -0.2) is 0 Å². The highest BCUT2D eigenvalue weighted by atomic mass is 32.1. The van der Waals surface area contributed by atoms with E-state index in [1.807, 2.05) is 48.1 Å². The summed E-state index contributed by atoms with van der Waals surface area (Å²) in [5.41, 5.74) is 3.03. The number of nitrogens with one attached hydrogen (secondary N) is 1. The molecule has 25 heavy (non-hydrogen) atoms.